The predicted octanol–water partition coefficient (Wildman–Crippen LogP) is 4.10. The molecule has 0 spiro atoms. The Balaban J connectivity index is 1.35. The quantitative estimate of drug-likeness (QED) is 0.393. The zero-order valence-electron chi connectivity index (χ0n) is 18.0. The number of pyridine rings is 1. The van der Waals surface area contributed by atoms with Crippen molar-refractivity contribution in [2.45, 2.75) is 18.8 Å². The van der Waals surface area contributed by atoms with Gasteiger partial charge >= 0.3 is 0 Å². The standard InChI is InChI=1S/C25H23N7O/c26-23-22-21(18-9-8-16(13-20(18)28-23)19-10-11-27-31-19)29-24(30-22)17-7-4-12-32(14-17)25(33)15-5-2-1-3-6-15/h1-3,5-6,8-11,13,17H,4,7,12,14H2,(H2,26,28)(H,27,31)(H,29,30)/t17-/m0/s1. The number of H-pyrrole nitrogens is 2. The number of hydrogen-bond acceptors (Lipinski definition) is 5. The van der Waals surface area contributed by atoms with Crippen molar-refractivity contribution >= 4 is 33.7 Å². The Hall–Kier alpha value is -4.20. The molecule has 0 bridgehead atoms. The number of fused-ring (bicyclic) bond motifs is 3. The summed E-state index contributed by atoms with van der Waals surface area (Å²) in [6, 6.07) is 17.4. The maximum absolute atomic E-state index is 13.0. The lowest BCUT2D eigenvalue weighted by atomic mass is 9.96. The van der Waals surface area contributed by atoms with Crippen LogP contribution >= 0.6 is 0 Å². The van der Waals surface area contributed by atoms with Gasteiger partial charge in [-0.15, -0.1) is 0 Å². The normalized spacial score (nSPS) is 16.5. The number of imidazole rings is 1. The average Bonchev–Trinajstić information content (AvgIpc) is 3.55. The first-order valence-electron chi connectivity index (χ1n) is 11.1. The monoisotopic (exact) mass is 437 g/mol. The smallest absolute Gasteiger partial charge is 0.253 e. The number of anilines is 1. The van der Waals surface area contributed by atoms with Crippen molar-refractivity contribution in [1.82, 2.24) is 30.0 Å². The molecule has 33 heavy (non-hydrogen) atoms. The molecule has 1 aliphatic heterocycles. The van der Waals surface area contributed by atoms with Gasteiger partial charge in [0.1, 0.15) is 22.7 Å². The number of rotatable bonds is 3. The van der Waals surface area contributed by atoms with Gasteiger partial charge in [-0.2, -0.15) is 5.10 Å². The number of nitrogen functional groups attached to an aromatic ring is 1. The second kappa shape index (κ2) is 7.74. The van der Waals surface area contributed by atoms with E-state index in [0.29, 0.717) is 12.4 Å². The Labute approximate surface area is 189 Å². The van der Waals surface area contributed by atoms with E-state index in [1.54, 1.807) is 6.20 Å². The van der Waals surface area contributed by atoms with Gasteiger partial charge in [-0.1, -0.05) is 24.3 Å². The fourth-order valence-electron chi connectivity index (χ4n) is 4.71. The number of likely N-dealkylation sites (tertiary alicyclic amines) is 1. The van der Waals surface area contributed by atoms with Crippen LogP contribution in [-0.2, 0) is 0 Å². The molecule has 4 N–H and O–H groups in total. The number of carbonyl (C=O) groups excluding carboxylic acids is 1. The predicted molar refractivity (Wildman–Crippen MR) is 128 cm³/mol. The fraction of sp³-hybridized carbons (Fsp3) is 0.200. The zero-order valence-corrected chi connectivity index (χ0v) is 18.0. The molecule has 0 saturated carbocycles. The molecule has 0 radical (unpaired) electrons. The van der Waals surface area contributed by atoms with Crippen molar-refractivity contribution < 1.29 is 4.79 Å². The number of nitrogens with two attached hydrogens (primary N) is 1. The SMILES string of the molecule is Nc1nc2cc(-c3ccn[nH]3)ccc2c2nc([C@H]3CCCN(C(=O)c4ccccc4)C3)[nH]c12. The van der Waals surface area contributed by atoms with E-state index in [9.17, 15) is 4.79 Å². The minimum atomic E-state index is 0.0642. The van der Waals surface area contributed by atoms with Crippen molar-refractivity contribution in [3.05, 3.63) is 72.2 Å². The number of nitrogens with one attached hydrogen (secondary N) is 2. The largest absolute Gasteiger partial charge is 0.382 e. The van der Waals surface area contributed by atoms with Crippen LogP contribution in [0.25, 0.3) is 33.2 Å². The second-order valence-corrected chi connectivity index (χ2v) is 8.50. The van der Waals surface area contributed by atoms with Crippen LogP contribution in [0.2, 0.25) is 0 Å². The van der Waals surface area contributed by atoms with Gasteiger partial charge in [0.25, 0.3) is 5.91 Å². The third kappa shape index (κ3) is 3.40. The minimum absolute atomic E-state index is 0.0642. The number of benzene rings is 2. The zero-order chi connectivity index (χ0) is 22.4. The first kappa shape index (κ1) is 19.5. The van der Waals surface area contributed by atoms with Gasteiger partial charge in [0.15, 0.2) is 0 Å². The molecule has 4 heterocycles. The summed E-state index contributed by atoms with van der Waals surface area (Å²) in [6.45, 7) is 1.39. The van der Waals surface area contributed by atoms with E-state index >= 15 is 0 Å². The topological polar surface area (TPSA) is 117 Å². The van der Waals surface area contributed by atoms with Crippen LogP contribution in [0.15, 0.2) is 60.8 Å². The van der Waals surface area contributed by atoms with Gasteiger partial charge in [-0.3, -0.25) is 9.89 Å². The van der Waals surface area contributed by atoms with E-state index < -0.39 is 0 Å². The van der Waals surface area contributed by atoms with Crippen molar-refractivity contribution in [2.75, 3.05) is 18.8 Å². The molecule has 5 aromatic rings. The number of piperidine rings is 1. The van der Waals surface area contributed by atoms with E-state index in [1.165, 1.54) is 0 Å². The molecule has 8 heteroatoms. The third-order valence-corrected chi connectivity index (χ3v) is 6.40. The molecule has 164 valence electrons. The molecular formula is C25H23N7O. The molecule has 1 saturated heterocycles. The van der Waals surface area contributed by atoms with E-state index in [-0.39, 0.29) is 11.8 Å². The highest BCUT2D eigenvalue weighted by atomic mass is 16.2. The van der Waals surface area contributed by atoms with Crippen molar-refractivity contribution in [3.8, 4) is 11.3 Å². The van der Waals surface area contributed by atoms with Crippen LogP contribution in [0, 0.1) is 0 Å². The van der Waals surface area contributed by atoms with Crippen molar-refractivity contribution in [3.63, 3.8) is 0 Å². The minimum Gasteiger partial charge on any atom is -0.382 e. The van der Waals surface area contributed by atoms with E-state index in [0.717, 1.165) is 64.0 Å². The molecule has 0 aliphatic carbocycles. The molecular weight excluding hydrogens is 414 g/mol. The molecule has 0 unspecified atom stereocenters. The highest BCUT2D eigenvalue weighted by molar-refractivity contribution is 6.07. The number of aromatic amines is 2. The first-order chi connectivity index (χ1) is 16.2. The molecule has 1 atom stereocenters. The van der Waals surface area contributed by atoms with E-state index in [4.69, 9.17) is 10.7 Å². The number of amides is 1. The maximum Gasteiger partial charge on any atom is 0.253 e. The summed E-state index contributed by atoms with van der Waals surface area (Å²) in [4.78, 5) is 27.9. The molecule has 1 amide bonds. The Bertz CT molecular complexity index is 1460. The Morgan fingerprint density at radius 2 is 1.97 bits per heavy atom. The van der Waals surface area contributed by atoms with Crippen LogP contribution in [0.1, 0.15) is 34.9 Å². The highest BCUT2D eigenvalue weighted by Gasteiger charge is 2.28. The van der Waals surface area contributed by atoms with Crippen LogP contribution < -0.4 is 5.73 Å². The molecule has 3 aromatic heterocycles. The lowest BCUT2D eigenvalue weighted by Crippen LogP contribution is -2.39. The Kier molecular flexibility index (Phi) is 4.57. The lowest BCUT2D eigenvalue weighted by Gasteiger charge is -2.32. The molecule has 8 nitrogen and oxygen atoms in total. The maximum atomic E-state index is 13.0. The second-order valence-electron chi connectivity index (χ2n) is 8.50. The number of nitrogens with zero attached hydrogens (tertiary/aromatic N) is 4. The van der Waals surface area contributed by atoms with Gasteiger partial charge in [0.2, 0.25) is 0 Å². The summed E-state index contributed by atoms with van der Waals surface area (Å²) in [6.07, 6.45) is 3.62. The molecule has 6 rings (SSSR count). The van der Waals surface area contributed by atoms with Gasteiger partial charge in [-0.25, -0.2) is 9.97 Å². The molecule has 1 fully saturated rings. The van der Waals surface area contributed by atoms with Gasteiger partial charge < -0.3 is 15.6 Å². The van der Waals surface area contributed by atoms with Crippen LogP contribution in [0.4, 0.5) is 5.82 Å². The summed E-state index contributed by atoms with van der Waals surface area (Å²) < 4.78 is 0. The lowest BCUT2D eigenvalue weighted by molar-refractivity contribution is 0.0705. The third-order valence-electron chi connectivity index (χ3n) is 6.40. The number of hydrogen-bond donors (Lipinski definition) is 3. The summed E-state index contributed by atoms with van der Waals surface area (Å²) in [5.74, 6) is 1.46. The van der Waals surface area contributed by atoms with Crippen molar-refractivity contribution in [1.29, 1.82) is 0 Å². The van der Waals surface area contributed by atoms with Gasteiger partial charge in [0, 0.05) is 41.7 Å². The van der Waals surface area contributed by atoms with Crippen LogP contribution in [0.3, 0.4) is 0 Å². The van der Waals surface area contributed by atoms with Crippen molar-refractivity contribution in [2.24, 2.45) is 0 Å². The van der Waals surface area contributed by atoms with E-state index in [2.05, 4.69) is 20.2 Å². The summed E-state index contributed by atoms with van der Waals surface area (Å²) in [5, 5.41) is 7.95. The molecule has 2 aromatic carbocycles. The average molecular weight is 438 g/mol. The number of aromatic nitrogens is 5. The Morgan fingerprint density at radius 1 is 1.09 bits per heavy atom. The van der Waals surface area contributed by atoms with Gasteiger partial charge in [-0.05, 0) is 43.2 Å². The molecule has 1 aliphatic rings. The summed E-state index contributed by atoms with van der Waals surface area (Å²) in [7, 11) is 0. The highest BCUT2D eigenvalue weighted by Crippen LogP contribution is 2.33. The van der Waals surface area contributed by atoms with E-state index in [1.807, 2.05) is 59.5 Å². The number of carbonyl (C=O) groups is 1. The summed E-state index contributed by atoms with van der Waals surface area (Å²) >= 11 is 0. The van der Waals surface area contributed by atoms with Crippen LogP contribution in [-0.4, -0.2) is 49.0 Å². The summed E-state index contributed by atoms with van der Waals surface area (Å²) in [5.41, 5.74) is 11.3. The first-order valence-corrected chi connectivity index (χ1v) is 11.1. The van der Waals surface area contributed by atoms with Crippen LogP contribution in [0.5, 0.6) is 0 Å². The fourth-order valence-corrected chi connectivity index (χ4v) is 4.71. The van der Waals surface area contributed by atoms with Gasteiger partial charge in [0.05, 0.1) is 11.2 Å². The Morgan fingerprint density at radius 3 is 2.79 bits per heavy atom.